The topological polar surface area (TPSA) is 52.6 Å². The summed E-state index contributed by atoms with van der Waals surface area (Å²) in [7, 11) is 0. The van der Waals surface area contributed by atoms with Crippen LogP contribution in [0.5, 0.6) is 0 Å². The highest BCUT2D eigenvalue weighted by Crippen LogP contribution is 2.19. The summed E-state index contributed by atoms with van der Waals surface area (Å²) in [5, 5.41) is 0. The minimum absolute atomic E-state index is 0.101. The Morgan fingerprint density at radius 3 is 2.53 bits per heavy atom. The molecule has 0 bridgehead atoms. The van der Waals surface area contributed by atoms with Crippen LogP contribution in [0.1, 0.15) is 27.7 Å². The number of hydrogen-bond donors (Lipinski definition) is 0. The summed E-state index contributed by atoms with van der Waals surface area (Å²) in [5.41, 5.74) is 0.266. The molecule has 0 amide bonds. The molecule has 1 unspecified atom stereocenters. The first-order chi connectivity index (χ1) is 6.80. The van der Waals surface area contributed by atoms with E-state index in [0.717, 1.165) is 5.57 Å². The average molecular weight is 212 g/mol. The van der Waals surface area contributed by atoms with Gasteiger partial charge in [-0.05, 0) is 33.3 Å². The highest BCUT2D eigenvalue weighted by molar-refractivity contribution is 5.85. The second kappa shape index (κ2) is 4.04. The Hall–Kier alpha value is -1.32. The summed E-state index contributed by atoms with van der Waals surface area (Å²) >= 11 is 0. The Balaban J connectivity index is 2.43. The summed E-state index contributed by atoms with van der Waals surface area (Å²) in [6.45, 7) is 7.21. The first kappa shape index (κ1) is 11.8. The number of carbonyl (C=O) groups is 2. The van der Waals surface area contributed by atoms with E-state index in [1.807, 2.05) is 0 Å². The lowest BCUT2D eigenvalue weighted by Crippen LogP contribution is -2.28. The van der Waals surface area contributed by atoms with Gasteiger partial charge in [0, 0.05) is 6.08 Å². The van der Waals surface area contributed by atoms with Gasteiger partial charge in [-0.25, -0.2) is 4.79 Å². The normalized spacial score (nSPS) is 20.9. The van der Waals surface area contributed by atoms with Crippen LogP contribution in [-0.4, -0.2) is 24.6 Å². The minimum Gasteiger partial charge on any atom is -0.461 e. The zero-order valence-corrected chi connectivity index (χ0v) is 9.49. The van der Waals surface area contributed by atoms with Gasteiger partial charge < -0.3 is 9.47 Å². The molecular weight excluding hydrogens is 196 g/mol. The van der Waals surface area contributed by atoms with Crippen LogP contribution in [0.15, 0.2) is 11.6 Å². The van der Waals surface area contributed by atoms with E-state index in [1.54, 1.807) is 27.7 Å². The molecule has 1 aliphatic heterocycles. The number of ether oxygens (including phenoxy) is 2. The van der Waals surface area contributed by atoms with Crippen molar-refractivity contribution in [2.24, 2.45) is 5.41 Å². The average Bonchev–Trinajstić information content (AvgIpc) is 2.39. The Labute approximate surface area is 89.2 Å². The van der Waals surface area contributed by atoms with Gasteiger partial charge in [0.15, 0.2) is 6.10 Å². The number of carbonyl (C=O) groups excluding carboxylic acids is 2. The van der Waals surface area contributed by atoms with E-state index >= 15 is 0 Å². The summed E-state index contributed by atoms with van der Waals surface area (Å²) in [5.74, 6) is -0.664. The summed E-state index contributed by atoms with van der Waals surface area (Å²) in [6, 6.07) is 0. The summed E-state index contributed by atoms with van der Waals surface area (Å²) in [4.78, 5) is 22.3. The van der Waals surface area contributed by atoms with Crippen molar-refractivity contribution in [3.63, 3.8) is 0 Å². The predicted octanol–water partition coefficient (Wildman–Crippen LogP) is 1.45. The molecule has 0 N–H and O–H groups in total. The second-order valence-electron chi connectivity index (χ2n) is 4.66. The third kappa shape index (κ3) is 3.08. The zero-order chi connectivity index (χ0) is 11.6. The molecule has 1 rings (SSSR count). The lowest BCUT2D eigenvalue weighted by atomic mass is 9.97. The number of hydrogen-bond acceptors (Lipinski definition) is 4. The van der Waals surface area contributed by atoms with Crippen LogP contribution in [-0.2, 0) is 19.1 Å². The van der Waals surface area contributed by atoms with Crippen LogP contribution in [0, 0.1) is 5.41 Å². The van der Waals surface area contributed by atoms with E-state index in [9.17, 15) is 9.59 Å². The molecule has 4 nitrogen and oxygen atoms in total. The molecular formula is C11H16O4. The highest BCUT2D eigenvalue weighted by Gasteiger charge is 2.28. The third-order valence-electron chi connectivity index (χ3n) is 2.09. The fourth-order valence-corrected chi connectivity index (χ4v) is 1.08. The molecule has 4 heteroatoms. The predicted molar refractivity (Wildman–Crippen MR) is 54.1 cm³/mol. The van der Waals surface area contributed by atoms with Gasteiger partial charge in [0.1, 0.15) is 6.61 Å². The number of rotatable bonds is 2. The van der Waals surface area contributed by atoms with Crippen molar-refractivity contribution >= 4 is 11.9 Å². The SMILES string of the molecule is CC1=CC(=O)OC1COC(=O)C(C)(C)C. The van der Waals surface area contributed by atoms with E-state index < -0.39 is 11.5 Å². The van der Waals surface area contributed by atoms with Crippen LogP contribution in [0.4, 0.5) is 0 Å². The maximum Gasteiger partial charge on any atom is 0.331 e. The number of esters is 2. The van der Waals surface area contributed by atoms with Crippen molar-refractivity contribution in [1.82, 2.24) is 0 Å². The first-order valence-corrected chi connectivity index (χ1v) is 4.87. The molecule has 0 saturated heterocycles. The van der Waals surface area contributed by atoms with Crippen LogP contribution in [0.25, 0.3) is 0 Å². The van der Waals surface area contributed by atoms with Crippen molar-refractivity contribution in [3.05, 3.63) is 11.6 Å². The lowest BCUT2D eigenvalue weighted by molar-refractivity contribution is -0.158. The standard InChI is InChI=1S/C11H16O4/c1-7-5-9(12)15-8(7)6-14-10(13)11(2,3)4/h5,8H,6H2,1-4H3. The molecule has 0 radical (unpaired) electrons. The van der Waals surface area contributed by atoms with Gasteiger partial charge in [-0.1, -0.05) is 0 Å². The molecule has 15 heavy (non-hydrogen) atoms. The van der Waals surface area contributed by atoms with Gasteiger partial charge >= 0.3 is 11.9 Å². The van der Waals surface area contributed by atoms with Crippen LogP contribution >= 0.6 is 0 Å². The fraction of sp³-hybridized carbons (Fsp3) is 0.636. The quantitative estimate of drug-likeness (QED) is 0.650. The van der Waals surface area contributed by atoms with Crippen LogP contribution < -0.4 is 0 Å². The van der Waals surface area contributed by atoms with E-state index in [0.29, 0.717) is 0 Å². The molecule has 0 spiro atoms. The molecule has 0 aromatic heterocycles. The van der Waals surface area contributed by atoms with E-state index in [2.05, 4.69) is 0 Å². The van der Waals surface area contributed by atoms with Crippen molar-refractivity contribution in [2.75, 3.05) is 6.61 Å². The molecule has 0 saturated carbocycles. The van der Waals surface area contributed by atoms with Crippen LogP contribution in [0.3, 0.4) is 0 Å². The maximum absolute atomic E-state index is 11.4. The minimum atomic E-state index is -0.528. The lowest BCUT2D eigenvalue weighted by Gasteiger charge is -2.18. The van der Waals surface area contributed by atoms with Gasteiger partial charge in [0.2, 0.25) is 0 Å². The molecule has 0 aliphatic carbocycles. The molecule has 84 valence electrons. The van der Waals surface area contributed by atoms with Crippen LogP contribution in [0.2, 0.25) is 0 Å². The number of cyclic esters (lactones) is 1. The molecule has 0 aromatic rings. The monoisotopic (exact) mass is 212 g/mol. The Morgan fingerprint density at radius 2 is 2.13 bits per heavy atom. The van der Waals surface area contributed by atoms with Gasteiger partial charge in [-0.15, -0.1) is 0 Å². The Bertz CT molecular complexity index is 309. The van der Waals surface area contributed by atoms with E-state index in [1.165, 1.54) is 6.08 Å². The molecule has 1 atom stereocenters. The summed E-state index contributed by atoms with van der Waals surface area (Å²) in [6.07, 6.45) is 0.999. The molecule has 0 aromatic carbocycles. The van der Waals surface area contributed by atoms with Gasteiger partial charge in [-0.2, -0.15) is 0 Å². The largest absolute Gasteiger partial charge is 0.461 e. The second-order valence-corrected chi connectivity index (χ2v) is 4.66. The molecule has 1 aliphatic rings. The highest BCUT2D eigenvalue weighted by atomic mass is 16.6. The summed E-state index contributed by atoms with van der Waals surface area (Å²) < 4.78 is 9.98. The van der Waals surface area contributed by atoms with Gasteiger partial charge in [-0.3, -0.25) is 4.79 Å². The molecule has 0 fully saturated rings. The Morgan fingerprint density at radius 1 is 1.53 bits per heavy atom. The smallest absolute Gasteiger partial charge is 0.331 e. The fourth-order valence-electron chi connectivity index (χ4n) is 1.08. The molecule has 1 heterocycles. The Kier molecular flexibility index (Phi) is 3.17. The third-order valence-corrected chi connectivity index (χ3v) is 2.09. The van der Waals surface area contributed by atoms with Crippen molar-refractivity contribution < 1.29 is 19.1 Å². The first-order valence-electron chi connectivity index (χ1n) is 4.87. The van der Waals surface area contributed by atoms with E-state index in [-0.39, 0.29) is 18.5 Å². The van der Waals surface area contributed by atoms with Gasteiger partial charge in [0.05, 0.1) is 5.41 Å². The maximum atomic E-state index is 11.4. The van der Waals surface area contributed by atoms with Crippen molar-refractivity contribution in [2.45, 2.75) is 33.8 Å². The van der Waals surface area contributed by atoms with Crippen molar-refractivity contribution in [1.29, 1.82) is 0 Å². The van der Waals surface area contributed by atoms with Crippen molar-refractivity contribution in [3.8, 4) is 0 Å². The van der Waals surface area contributed by atoms with E-state index in [4.69, 9.17) is 9.47 Å². The van der Waals surface area contributed by atoms with Gasteiger partial charge in [0.25, 0.3) is 0 Å². The zero-order valence-electron chi connectivity index (χ0n) is 9.49.